The number of likely N-dealkylation sites (tertiary alicyclic amines) is 1. The molecule has 128 valence electrons. The maximum Gasteiger partial charge on any atom is 0.145 e. The van der Waals surface area contributed by atoms with Crippen molar-refractivity contribution in [3.8, 4) is 11.5 Å². The minimum atomic E-state index is 0.0773. The molecule has 1 aromatic heterocycles. The molecule has 4 heteroatoms. The first-order valence-electron chi connectivity index (χ1n) is 8.74. The van der Waals surface area contributed by atoms with Crippen LogP contribution in [0.25, 0.3) is 0 Å². The van der Waals surface area contributed by atoms with Crippen molar-refractivity contribution in [3.63, 3.8) is 0 Å². The van der Waals surface area contributed by atoms with E-state index in [-0.39, 0.29) is 12.0 Å². The Labute approximate surface area is 144 Å². The fourth-order valence-electron chi connectivity index (χ4n) is 3.61. The van der Waals surface area contributed by atoms with Crippen LogP contribution in [0.3, 0.4) is 0 Å². The summed E-state index contributed by atoms with van der Waals surface area (Å²) in [7, 11) is 0. The maximum atomic E-state index is 9.82. The van der Waals surface area contributed by atoms with Gasteiger partial charge in [-0.1, -0.05) is 31.5 Å². The van der Waals surface area contributed by atoms with E-state index in [0.717, 1.165) is 50.4 Å². The predicted molar refractivity (Wildman–Crippen MR) is 95.1 cm³/mol. The molecule has 1 saturated heterocycles. The molecular formula is C20H26N2O2. The zero-order valence-corrected chi connectivity index (χ0v) is 14.3. The van der Waals surface area contributed by atoms with Gasteiger partial charge in [-0.05, 0) is 37.6 Å². The van der Waals surface area contributed by atoms with E-state index in [4.69, 9.17) is 4.74 Å². The molecule has 1 aromatic carbocycles. The average molecular weight is 326 g/mol. The summed E-state index contributed by atoms with van der Waals surface area (Å²) in [6, 6.07) is 12.0. The van der Waals surface area contributed by atoms with Crippen LogP contribution >= 0.6 is 0 Å². The lowest BCUT2D eigenvalue weighted by Gasteiger charge is -2.27. The molecule has 3 rings (SSSR count). The number of ether oxygens (including phenoxy) is 1. The highest BCUT2D eigenvalue weighted by atomic mass is 16.5. The molecule has 24 heavy (non-hydrogen) atoms. The number of pyridine rings is 1. The van der Waals surface area contributed by atoms with Crippen LogP contribution < -0.4 is 4.74 Å². The van der Waals surface area contributed by atoms with Gasteiger partial charge in [0.1, 0.15) is 11.5 Å². The fraction of sp³-hybridized carbons (Fsp3) is 0.450. The summed E-state index contributed by atoms with van der Waals surface area (Å²) >= 11 is 0. The number of hydrogen-bond acceptors (Lipinski definition) is 4. The van der Waals surface area contributed by atoms with E-state index in [1.54, 1.807) is 12.4 Å². The highest BCUT2D eigenvalue weighted by molar-refractivity contribution is 5.37. The van der Waals surface area contributed by atoms with E-state index in [1.165, 1.54) is 5.56 Å². The molecule has 0 saturated carbocycles. The predicted octanol–water partition coefficient (Wildman–Crippen LogP) is 3.86. The highest BCUT2D eigenvalue weighted by Crippen LogP contribution is 2.36. The summed E-state index contributed by atoms with van der Waals surface area (Å²) in [5, 5.41) is 9.82. The van der Waals surface area contributed by atoms with Crippen molar-refractivity contribution >= 4 is 0 Å². The first-order chi connectivity index (χ1) is 11.7. The summed E-state index contributed by atoms with van der Waals surface area (Å²) in [6.07, 6.45) is 6.75. The zero-order valence-electron chi connectivity index (χ0n) is 14.3. The number of rotatable bonds is 7. The quantitative estimate of drug-likeness (QED) is 0.839. The van der Waals surface area contributed by atoms with E-state index in [2.05, 4.69) is 22.9 Å². The SMILES string of the molecule is CCCC1(CO)CCN(Cc2ccccc2Oc2cccnc2)C1. The van der Waals surface area contributed by atoms with E-state index >= 15 is 0 Å². The average Bonchev–Trinajstić information content (AvgIpc) is 3.01. The van der Waals surface area contributed by atoms with E-state index < -0.39 is 0 Å². The molecule has 1 fully saturated rings. The Bertz CT molecular complexity index is 647. The molecule has 1 aliphatic heterocycles. The minimum absolute atomic E-state index is 0.0773. The second-order valence-electron chi connectivity index (χ2n) is 6.77. The van der Waals surface area contributed by atoms with Crippen LogP contribution in [0, 0.1) is 5.41 Å². The van der Waals surface area contributed by atoms with Gasteiger partial charge in [-0.3, -0.25) is 9.88 Å². The second-order valence-corrected chi connectivity index (χ2v) is 6.77. The van der Waals surface area contributed by atoms with Gasteiger partial charge in [0, 0.05) is 36.9 Å². The first kappa shape index (κ1) is 16.9. The van der Waals surface area contributed by atoms with Crippen LogP contribution in [0.15, 0.2) is 48.8 Å². The van der Waals surface area contributed by atoms with Gasteiger partial charge in [0.2, 0.25) is 0 Å². The Morgan fingerprint density at radius 3 is 2.88 bits per heavy atom. The third kappa shape index (κ3) is 3.94. The molecule has 1 unspecified atom stereocenters. The summed E-state index contributed by atoms with van der Waals surface area (Å²) in [6.45, 7) is 5.31. The van der Waals surface area contributed by atoms with Gasteiger partial charge in [0.05, 0.1) is 6.20 Å². The molecule has 1 N–H and O–H groups in total. The van der Waals surface area contributed by atoms with Crippen molar-refractivity contribution in [1.29, 1.82) is 0 Å². The normalized spacial score (nSPS) is 21.1. The Hall–Kier alpha value is -1.91. The maximum absolute atomic E-state index is 9.82. The topological polar surface area (TPSA) is 45.6 Å². The highest BCUT2D eigenvalue weighted by Gasteiger charge is 2.36. The molecule has 0 spiro atoms. The molecule has 1 atom stereocenters. The molecule has 4 nitrogen and oxygen atoms in total. The second kappa shape index (κ2) is 7.77. The third-order valence-corrected chi connectivity index (χ3v) is 4.86. The van der Waals surface area contributed by atoms with Crippen LogP contribution in [-0.2, 0) is 6.54 Å². The van der Waals surface area contributed by atoms with E-state index in [9.17, 15) is 5.11 Å². The van der Waals surface area contributed by atoms with Crippen molar-refractivity contribution in [2.75, 3.05) is 19.7 Å². The molecule has 0 aliphatic carbocycles. The van der Waals surface area contributed by atoms with Gasteiger partial charge in [-0.2, -0.15) is 0 Å². The number of benzene rings is 1. The van der Waals surface area contributed by atoms with Gasteiger partial charge in [-0.15, -0.1) is 0 Å². The lowest BCUT2D eigenvalue weighted by Crippen LogP contribution is -2.30. The lowest BCUT2D eigenvalue weighted by molar-refractivity contribution is 0.117. The van der Waals surface area contributed by atoms with Gasteiger partial charge in [0.15, 0.2) is 0 Å². The standard InChI is InChI=1S/C20H26N2O2/c1-2-9-20(16-23)10-12-22(15-20)14-17-6-3-4-8-19(17)24-18-7-5-11-21-13-18/h3-8,11,13,23H,2,9-10,12,14-16H2,1H3. The van der Waals surface area contributed by atoms with E-state index in [0.29, 0.717) is 0 Å². The van der Waals surface area contributed by atoms with Crippen molar-refractivity contribution < 1.29 is 9.84 Å². The van der Waals surface area contributed by atoms with Crippen LogP contribution in [0.1, 0.15) is 31.7 Å². The van der Waals surface area contributed by atoms with Crippen molar-refractivity contribution in [3.05, 3.63) is 54.4 Å². The summed E-state index contributed by atoms with van der Waals surface area (Å²) in [4.78, 5) is 6.53. The minimum Gasteiger partial charge on any atom is -0.455 e. The Morgan fingerprint density at radius 1 is 1.25 bits per heavy atom. The van der Waals surface area contributed by atoms with Crippen LogP contribution in [0.4, 0.5) is 0 Å². The molecule has 0 amide bonds. The number of para-hydroxylation sites is 1. The van der Waals surface area contributed by atoms with Crippen molar-refractivity contribution in [2.45, 2.75) is 32.7 Å². The first-order valence-corrected chi connectivity index (χ1v) is 8.74. The molecule has 2 heterocycles. The van der Waals surface area contributed by atoms with Crippen LogP contribution in [0.2, 0.25) is 0 Å². The largest absolute Gasteiger partial charge is 0.455 e. The summed E-state index contributed by atoms with van der Waals surface area (Å²) < 4.78 is 6.01. The van der Waals surface area contributed by atoms with Crippen molar-refractivity contribution in [1.82, 2.24) is 9.88 Å². The van der Waals surface area contributed by atoms with Gasteiger partial charge < -0.3 is 9.84 Å². The fourth-order valence-corrected chi connectivity index (χ4v) is 3.61. The van der Waals surface area contributed by atoms with Crippen molar-refractivity contribution in [2.24, 2.45) is 5.41 Å². The monoisotopic (exact) mass is 326 g/mol. The van der Waals surface area contributed by atoms with Gasteiger partial charge >= 0.3 is 0 Å². The zero-order chi connectivity index (χ0) is 16.8. The molecule has 0 bridgehead atoms. The summed E-state index contributed by atoms with van der Waals surface area (Å²) in [5.41, 5.74) is 1.25. The Kier molecular flexibility index (Phi) is 5.48. The van der Waals surface area contributed by atoms with Crippen LogP contribution in [-0.4, -0.2) is 34.7 Å². The van der Waals surface area contributed by atoms with Crippen LogP contribution in [0.5, 0.6) is 11.5 Å². The molecule has 0 radical (unpaired) electrons. The smallest absolute Gasteiger partial charge is 0.145 e. The van der Waals surface area contributed by atoms with E-state index in [1.807, 2.05) is 30.3 Å². The molecule has 1 aliphatic rings. The van der Waals surface area contributed by atoms with Gasteiger partial charge in [0.25, 0.3) is 0 Å². The number of aliphatic hydroxyl groups excluding tert-OH is 1. The lowest BCUT2D eigenvalue weighted by atomic mass is 9.83. The molecular weight excluding hydrogens is 300 g/mol. The summed E-state index contributed by atoms with van der Waals surface area (Å²) in [5.74, 6) is 1.63. The Morgan fingerprint density at radius 2 is 2.12 bits per heavy atom. The number of nitrogens with zero attached hydrogens (tertiary/aromatic N) is 2. The Balaban J connectivity index is 1.70. The number of aliphatic hydroxyl groups is 1. The van der Waals surface area contributed by atoms with Gasteiger partial charge in [-0.25, -0.2) is 0 Å². The molecule has 2 aromatic rings. The number of aromatic nitrogens is 1. The third-order valence-electron chi connectivity index (χ3n) is 4.86. The number of hydrogen-bond donors (Lipinski definition) is 1.